The van der Waals surface area contributed by atoms with Crippen LogP contribution in [0.4, 0.5) is 0 Å². The number of hydrogen-bond acceptors (Lipinski definition) is 6. The lowest BCUT2D eigenvalue weighted by Gasteiger charge is -2.10. The lowest BCUT2D eigenvalue weighted by molar-refractivity contribution is -0.125. The number of rotatable bonds is 11. The molecule has 1 amide bonds. The van der Waals surface area contributed by atoms with Crippen molar-refractivity contribution < 1.29 is 14.3 Å². The van der Waals surface area contributed by atoms with Crippen molar-refractivity contribution in [2.75, 3.05) is 33.5 Å². The van der Waals surface area contributed by atoms with Gasteiger partial charge in [-0.25, -0.2) is 0 Å². The third-order valence-electron chi connectivity index (χ3n) is 2.69. The summed E-state index contributed by atoms with van der Waals surface area (Å²) in [6, 6.07) is 0.156. The van der Waals surface area contributed by atoms with Crippen LogP contribution < -0.4 is 11.1 Å². The number of aromatic nitrogens is 1. The SMILES string of the molecule is CNC(=O)COCCOCCCC(N)Cc1cncs1. The highest BCUT2D eigenvalue weighted by Gasteiger charge is 2.05. The Morgan fingerprint density at radius 2 is 2.25 bits per heavy atom. The summed E-state index contributed by atoms with van der Waals surface area (Å²) >= 11 is 1.64. The van der Waals surface area contributed by atoms with Crippen LogP contribution in [0, 0.1) is 0 Å². The summed E-state index contributed by atoms with van der Waals surface area (Å²) in [5, 5.41) is 2.48. The number of thiazole rings is 1. The van der Waals surface area contributed by atoms with Crippen molar-refractivity contribution in [2.45, 2.75) is 25.3 Å². The van der Waals surface area contributed by atoms with Gasteiger partial charge in [0.2, 0.25) is 5.91 Å². The van der Waals surface area contributed by atoms with Gasteiger partial charge in [0.1, 0.15) is 6.61 Å². The van der Waals surface area contributed by atoms with Crippen molar-refractivity contribution in [3.05, 3.63) is 16.6 Å². The molecule has 0 aliphatic rings. The fourth-order valence-corrected chi connectivity index (χ4v) is 2.30. The van der Waals surface area contributed by atoms with E-state index in [9.17, 15) is 4.79 Å². The normalized spacial score (nSPS) is 12.3. The quantitative estimate of drug-likeness (QED) is 0.584. The van der Waals surface area contributed by atoms with Gasteiger partial charge in [-0.15, -0.1) is 11.3 Å². The molecule has 1 atom stereocenters. The van der Waals surface area contributed by atoms with E-state index in [4.69, 9.17) is 15.2 Å². The number of nitrogens with zero attached hydrogens (tertiary/aromatic N) is 1. The summed E-state index contributed by atoms with van der Waals surface area (Å²) in [6.45, 7) is 1.68. The van der Waals surface area contributed by atoms with Crippen LogP contribution in [0.15, 0.2) is 11.7 Å². The molecule has 7 heteroatoms. The Balaban J connectivity index is 1.88. The van der Waals surface area contributed by atoms with Crippen LogP contribution in [0.3, 0.4) is 0 Å². The van der Waals surface area contributed by atoms with Crippen molar-refractivity contribution in [2.24, 2.45) is 5.73 Å². The second-order valence-corrected chi connectivity index (χ2v) is 5.38. The van der Waals surface area contributed by atoms with Crippen LogP contribution in [0.5, 0.6) is 0 Å². The summed E-state index contributed by atoms with van der Waals surface area (Å²) in [5.74, 6) is -0.126. The van der Waals surface area contributed by atoms with Crippen molar-refractivity contribution in [3.63, 3.8) is 0 Å². The molecule has 0 radical (unpaired) electrons. The fraction of sp³-hybridized carbons (Fsp3) is 0.692. The minimum Gasteiger partial charge on any atom is -0.379 e. The first-order valence-electron chi connectivity index (χ1n) is 6.71. The van der Waals surface area contributed by atoms with Gasteiger partial charge in [0.15, 0.2) is 0 Å². The highest BCUT2D eigenvalue weighted by Crippen LogP contribution is 2.10. The van der Waals surface area contributed by atoms with Gasteiger partial charge in [-0.1, -0.05) is 0 Å². The molecule has 0 aliphatic carbocycles. The zero-order valence-electron chi connectivity index (χ0n) is 11.8. The first-order chi connectivity index (χ1) is 9.72. The molecule has 1 heterocycles. The number of amides is 1. The Kier molecular flexibility index (Phi) is 9.14. The molecule has 114 valence electrons. The average molecular weight is 301 g/mol. The molecule has 0 aromatic carbocycles. The highest BCUT2D eigenvalue weighted by atomic mass is 32.1. The second-order valence-electron chi connectivity index (χ2n) is 4.41. The van der Waals surface area contributed by atoms with E-state index in [-0.39, 0.29) is 18.6 Å². The van der Waals surface area contributed by atoms with Gasteiger partial charge in [-0.05, 0) is 19.3 Å². The number of carbonyl (C=O) groups is 1. The van der Waals surface area contributed by atoms with Crippen LogP contribution in [0.25, 0.3) is 0 Å². The molecular weight excluding hydrogens is 278 g/mol. The third-order valence-corrected chi connectivity index (χ3v) is 3.50. The largest absolute Gasteiger partial charge is 0.379 e. The molecule has 3 N–H and O–H groups in total. The first kappa shape index (κ1) is 17.0. The number of hydrogen-bond donors (Lipinski definition) is 2. The summed E-state index contributed by atoms with van der Waals surface area (Å²) < 4.78 is 10.5. The Bertz CT molecular complexity index is 360. The lowest BCUT2D eigenvalue weighted by Crippen LogP contribution is -2.24. The fourth-order valence-electron chi connectivity index (χ4n) is 1.61. The summed E-state index contributed by atoms with van der Waals surface area (Å²) in [7, 11) is 1.58. The lowest BCUT2D eigenvalue weighted by atomic mass is 10.1. The van der Waals surface area contributed by atoms with E-state index < -0.39 is 0 Å². The third kappa shape index (κ3) is 8.21. The number of carbonyl (C=O) groups excluding carboxylic acids is 1. The Morgan fingerprint density at radius 1 is 1.45 bits per heavy atom. The average Bonchev–Trinajstić information content (AvgIpc) is 2.94. The van der Waals surface area contributed by atoms with Gasteiger partial charge in [0, 0.05) is 30.8 Å². The number of nitrogens with one attached hydrogen (secondary N) is 1. The van der Waals surface area contributed by atoms with E-state index in [1.54, 1.807) is 18.4 Å². The van der Waals surface area contributed by atoms with Gasteiger partial charge >= 0.3 is 0 Å². The van der Waals surface area contributed by atoms with Crippen LogP contribution in [-0.4, -0.2) is 50.4 Å². The summed E-state index contributed by atoms with van der Waals surface area (Å²) in [6.07, 6.45) is 4.59. The van der Waals surface area contributed by atoms with E-state index in [1.807, 2.05) is 11.7 Å². The number of likely N-dealkylation sites (N-methyl/N-ethyl adjacent to an activating group) is 1. The van der Waals surface area contributed by atoms with E-state index in [2.05, 4.69) is 10.3 Å². The van der Waals surface area contributed by atoms with E-state index in [1.165, 1.54) is 4.88 Å². The molecule has 0 fully saturated rings. The molecule has 1 unspecified atom stereocenters. The van der Waals surface area contributed by atoms with E-state index >= 15 is 0 Å². The van der Waals surface area contributed by atoms with Crippen LogP contribution in [0.2, 0.25) is 0 Å². The van der Waals surface area contributed by atoms with Crippen LogP contribution in [-0.2, 0) is 20.7 Å². The van der Waals surface area contributed by atoms with Crippen molar-refractivity contribution in [3.8, 4) is 0 Å². The predicted molar refractivity (Wildman–Crippen MR) is 78.7 cm³/mol. The van der Waals surface area contributed by atoms with Crippen molar-refractivity contribution in [1.29, 1.82) is 0 Å². The molecule has 0 saturated carbocycles. The molecule has 6 nitrogen and oxygen atoms in total. The Morgan fingerprint density at radius 3 is 2.95 bits per heavy atom. The van der Waals surface area contributed by atoms with Gasteiger partial charge in [0.05, 0.1) is 18.7 Å². The highest BCUT2D eigenvalue weighted by molar-refractivity contribution is 7.09. The van der Waals surface area contributed by atoms with Crippen molar-refractivity contribution in [1.82, 2.24) is 10.3 Å². The molecule has 20 heavy (non-hydrogen) atoms. The second kappa shape index (κ2) is 10.7. The van der Waals surface area contributed by atoms with Gasteiger partial charge in [-0.3, -0.25) is 9.78 Å². The maximum atomic E-state index is 10.9. The number of ether oxygens (including phenoxy) is 2. The van der Waals surface area contributed by atoms with E-state index in [0.29, 0.717) is 19.8 Å². The van der Waals surface area contributed by atoms with Gasteiger partial charge < -0.3 is 20.5 Å². The molecular formula is C13H23N3O3S. The van der Waals surface area contributed by atoms with E-state index in [0.717, 1.165) is 19.3 Å². The molecule has 1 aromatic heterocycles. The van der Waals surface area contributed by atoms with Crippen LogP contribution >= 0.6 is 11.3 Å². The predicted octanol–water partition coefficient (Wildman–Crippen LogP) is 0.572. The summed E-state index contributed by atoms with van der Waals surface area (Å²) in [4.78, 5) is 16.1. The van der Waals surface area contributed by atoms with Gasteiger partial charge in [-0.2, -0.15) is 0 Å². The standard InChI is InChI=1S/C13H23N3O3S/c1-15-13(17)9-19-6-5-18-4-2-3-11(14)7-12-8-16-10-20-12/h8,10-11H,2-7,9,14H2,1H3,(H,15,17). The number of nitrogens with two attached hydrogens (primary N) is 1. The first-order valence-corrected chi connectivity index (χ1v) is 7.59. The van der Waals surface area contributed by atoms with Gasteiger partial charge in [0.25, 0.3) is 0 Å². The maximum Gasteiger partial charge on any atom is 0.245 e. The Labute approximate surface area is 123 Å². The minimum atomic E-state index is -0.126. The van der Waals surface area contributed by atoms with Crippen LogP contribution in [0.1, 0.15) is 17.7 Å². The molecule has 1 aromatic rings. The molecule has 0 aliphatic heterocycles. The van der Waals surface area contributed by atoms with Crippen molar-refractivity contribution >= 4 is 17.2 Å². The molecule has 0 spiro atoms. The minimum absolute atomic E-state index is 0.0829. The molecule has 1 rings (SSSR count). The Hall–Kier alpha value is -1.02. The maximum absolute atomic E-state index is 10.9. The smallest absolute Gasteiger partial charge is 0.245 e. The molecule has 0 bridgehead atoms. The summed E-state index contributed by atoms with van der Waals surface area (Å²) in [5.41, 5.74) is 7.85. The topological polar surface area (TPSA) is 86.5 Å². The molecule has 0 saturated heterocycles. The monoisotopic (exact) mass is 301 g/mol. The zero-order valence-corrected chi connectivity index (χ0v) is 12.7. The zero-order chi connectivity index (χ0) is 14.6.